The third kappa shape index (κ3) is 3.30. The summed E-state index contributed by atoms with van der Waals surface area (Å²) in [5.41, 5.74) is 3.79. The second-order valence-electron chi connectivity index (χ2n) is 7.08. The van der Waals surface area contributed by atoms with Crippen molar-refractivity contribution in [1.29, 1.82) is 0 Å². The summed E-state index contributed by atoms with van der Waals surface area (Å²) in [6, 6.07) is 14.8. The Kier molecular flexibility index (Phi) is 4.39. The van der Waals surface area contributed by atoms with Gasteiger partial charge in [-0.1, -0.05) is 36.4 Å². The fourth-order valence-electron chi connectivity index (χ4n) is 3.84. The number of carbonyl (C=O) groups excluding carboxylic acids is 3. The summed E-state index contributed by atoms with van der Waals surface area (Å²) in [4.78, 5) is 38.2. The van der Waals surface area contributed by atoms with E-state index in [1.54, 1.807) is 11.0 Å². The monoisotopic (exact) mass is 363 g/mol. The van der Waals surface area contributed by atoms with E-state index in [1.807, 2.05) is 49.4 Å². The van der Waals surface area contributed by atoms with Gasteiger partial charge in [-0.3, -0.25) is 14.4 Å². The highest BCUT2D eigenvalue weighted by Crippen LogP contribution is 2.25. The summed E-state index contributed by atoms with van der Waals surface area (Å²) < 4.78 is 0. The summed E-state index contributed by atoms with van der Waals surface area (Å²) in [5, 5.41) is 5.57. The number of hydrogen-bond acceptors (Lipinski definition) is 3. The maximum Gasteiger partial charge on any atom is 0.251 e. The number of nitrogens with one attached hydrogen (secondary N) is 2. The van der Waals surface area contributed by atoms with E-state index < -0.39 is 6.04 Å². The Bertz CT molecular complexity index is 900. The number of benzene rings is 2. The van der Waals surface area contributed by atoms with E-state index in [0.29, 0.717) is 18.5 Å². The Hall–Kier alpha value is -3.15. The molecular weight excluding hydrogens is 342 g/mol. The van der Waals surface area contributed by atoms with Crippen LogP contribution in [-0.2, 0) is 9.59 Å². The van der Waals surface area contributed by atoms with Crippen molar-refractivity contribution in [2.75, 3.05) is 13.1 Å². The average molecular weight is 363 g/mol. The van der Waals surface area contributed by atoms with Crippen molar-refractivity contribution in [3.05, 3.63) is 59.7 Å². The zero-order valence-corrected chi connectivity index (χ0v) is 15.1. The van der Waals surface area contributed by atoms with Gasteiger partial charge in [0.15, 0.2) is 0 Å². The first kappa shape index (κ1) is 17.3. The lowest BCUT2D eigenvalue weighted by atomic mass is 9.98. The molecule has 0 spiro atoms. The number of piperazine rings is 1. The number of nitrogens with zero attached hydrogens (tertiary/aromatic N) is 1. The van der Waals surface area contributed by atoms with Crippen LogP contribution in [0.15, 0.2) is 48.5 Å². The van der Waals surface area contributed by atoms with Crippen LogP contribution in [0.5, 0.6) is 0 Å². The summed E-state index contributed by atoms with van der Waals surface area (Å²) >= 11 is 0. The maximum atomic E-state index is 12.7. The summed E-state index contributed by atoms with van der Waals surface area (Å²) in [5.74, 6) is -0.436. The Labute approximate surface area is 157 Å². The second-order valence-corrected chi connectivity index (χ2v) is 7.08. The molecule has 0 unspecified atom stereocenters. The minimum absolute atomic E-state index is 0.0362. The molecular formula is C21H21N3O3. The lowest BCUT2D eigenvalue weighted by Crippen LogP contribution is -2.55. The first-order chi connectivity index (χ1) is 13.0. The van der Waals surface area contributed by atoms with Crippen molar-refractivity contribution in [3.63, 3.8) is 0 Å². The molecule has 4 rings (SSSR count). The standard InChI is InChI=1S/C21H21N3O3/c1-13-5-2-3-8-17(13)14-6-4-7-15(9-14)20(26)23-16-10-18-21(27)22-11-19(25)24(18)12-16/h2-9,16,18H,10-12H2,1H3,(H,22,27)(H,23,26)/t16-,18-/m0/s1. The fraction of sp³-hybridized carbons (Fsp3) is 0.286. The van der Waals surface area contributed by atoms with E-state index in [2.05, 4.69) is 10.6 Å². The Morgan fingerprint density at radius 3 is 2.74 bits per heavy atom. The van der Waals surface area contributed by atoms with Gasteiger partial charge < -0.3 is 15.5 Å². The molecule has 138 valence electrons. The number of carbonyl (C=O) groups is 3. The normalized spacial score (nSPS) is 21.6. The number of rotatable bonds is 3. The number of amides is 3. The SMILES string of the molecule is Cc1ccccc1-c1cccc(C(=O)N[C@H]2C[C@H]3C(=O)NCC(=O)N3C2)c1. The molecule has 2 fully saturated rings. The summed E-state index contributed by atoms with van der Waals surface area (Å²) in [7, 11) is 0. The van der Waals surface area contributed by atoms with Gasteiger partial charge in [-0.25, -0.2) is 0 Å². The highest BCUT2D eigenvalue weighted by atomic mass is 16.2. The topological polar surface area (TPSA) is 78.5 Å². The third-order valence-corrected chi connectivity index (χ3v) is 5.25. The number of fused-ring (bicyclic) bond motifs is 1. The van der Waals surface area contributed by atoms with E-state index in [-0.39, 0.29) is 30.3 Å². The van der Waals surface area contributed by atoms with Crippen LogP contribution in [0.2, 0.25) is 0 Å². The number of hydrogen-bond donors (Lipinski definition) is 2. The van der Waals surface area contributed by atoms with Crippen LogP contribution in [0.1, 0.15) is 22.3 Å². The van der Waals surface area contributed by atoms with Crippen molar-refractivity contribution in [1.82, 2.24) is 15.5 Å². The quantitative estimate of drug-likeness (QED) is 0.867. The molecule has 2 heterocycles. The Morgan fingerprint density at radius 1 is 1.15 bits per heavy atom. The molecule has 2 aliphatic rings. The molecule has 27 heavy (non-hydrogen) atoms. The highest BCUT2D eigenvalue weighted by molar-refractivity contribution is 5.97. The van der Waals surface area contributed by atoms with Gasteiger partial charge in [0, 0.05) is 18.2 Å². The molecule has 0 saturated carbocycles. The molecule has 0 bridgehead atoms. The third-order valence-electron chi connectivity index (χ3n) is 5.25. The van der Waals surface area contributed by atoms with Crippen molar-refractivity contribution >= 4 is 17.7 Å². The van der Waals surface area contributed by atoms with E-state index in [4.69, 9.17) is 0 Å². The molecule has 2 aliphatic heterocycles. The predicted octanol–water partition coefficient (Wildman–Crippen LogP) is 1.49. The molecule has 2 saturated heterocycles. The molecule has 2 aromatic carbocycles. The summed E-state index contributed by atoms with van der Waals surface area (Å²) in [6.07, 6.45) is 0.445. The first-order valence-electron chi connectivity index (χ1n) is 9.07. The van der Waals surface area contributed by atoms with Gasteiger partial charge in [-0.15, -0.1) is 0 Å². The lowest BCUT2D eigenvalue weighted by molar-refractivity contribution is -0.143. The van der Waals surface area contributed by atoms with Gasteiger partial charge in [0.2, 0.25) is 11.8 Å². The van der Waals surface area contributed by atoms with Crippen LogP contribution in [0.4, 0.5) is 0 Å². The minimum Gasteiger partial charge on any atom is -0.347 e. The zero-order valence-electron chi connectivity index (χ0n) is 15.1. The van der Waals surface area contributed by atoms with Crippen LogP contribution in [0.25, 0.3) is 11.1 Å². The smallest absolute Gasteiger partial charge is 0.251 e. The van der Waals surface area contributed by atoms with E-state index in [1.165, 1.54) is 0 Å². The van der Waals surface area contributed by atoms with Gasteiger partial charge >= 0.3 is 0 Å². The number of aryl methyl sites for hydroxylation is 1. The molecule has 2 aromatic rings. The van der Waals surface area contributed by atoms with Crippen LogP contribution in [0, 0.1) is 6.92 Å². The predicted molar refractivity (Wildman–Crippen MR) is 101 cm³/mol. The zero-order chi connectivity index (χ0) is 19.0. The van der Waals surface area contributed by atoms with Crippen molar-refractivity contribution in [2.45, 2.75) is 25.4 Å². The van der Waals surface area contributed by atoms with Gasteiger partial charge in [-0.2, -0.15) is 0 Å². The maximum absolute atomic E-state index is 12.7. The van der Waals surface area contributed by atoms with E-state index in [0.717, 1.165) is 16.7 Å². The molecule has 0 aromatic heterocycles. The van der Waals surface area contributed by atoms with Crippen LogP contribution >= 0.6 is 0 Å². The Morgan fingerprint density at radius 2 is 1.96 bits per heavy atom. The highest BCUT2D eigenvalue weighted by Gasteiger charge is 2.42. The van der Waals surface area contributed by atoms with Crippen LogP contribution in [-0.4, -0.2) is 47.8 Å². The molecule has 6 nitrogen and oxygen atoms in total. The lowest BCUT2D eigenvalue weighted by Gasteiger charge is -2.28. The molecule has 0 aliphatic carbocycles. The molecule has 2 atom stereocenters. The molecule has 6 heteroatoms. The van der Waals surface area contributed by atoms with Gasteiger partial charge in [0.05, 0.1) is 6.54 Å². The average Bonchev–Trinajstić information content (AvgIpc) is 3.10. The van der Waals surface area contributed by atoms with Crippen molar-refractivity contribution in [3.8, 4) is 11.1 Å². The molecule has 0 radical (unpaired) electrons. The van der Waals surface area contributed by atoms with Crippen LogP contribution < -0.4 is 10.6 Å². The first-order valence-corrected chi connectivity index (χ1v) is 9.07. The van der Waals surface area contributed by atoms with Crippen LogP contribution in [0.3, 0.4) is 0 Å². The molecule has 3 amide bonds. The van der Waals surface area contributed by atoms with Crippen molar-refractivity contribution in [2.24, 2.45) is 0 Å². The Balaban J connectivity index is 1.50. The largest absolute Gasteiger partial charge is 0.347 e. The van der Waals surface area contributed by atoms with Crippen molar-refractivity contribution < 1.29 is 14.4 Å². The van der Waals surface area contributed by atoms with Gasteiger partial charge in [0.1, 0.15) is 6.04 Å². The molecule has 2 N–H and O–H groups in total. The minimum atomic E-state index is -0.477. The second kappa shape index (κ2) is 6.87. The van der Waals surface area contributed by atoms with Gasteiger partial charge in [0.25, 0.3) is 5.91 Å². The fourth-order valence-corrected chi connectivity index (χ4v) is 3.84. The summed E-state index contributed by atoms with van der Waals surface area (Å²) in [6.45, 7) is 2.45. The van der Waals surface area contributed by atoms with E-state index in [9.17, 15) is 14.4 Å². The van der Waals surface area contributed by atoms with E-state index >= 15 is 0 Å². The van der Waals surface area contributed by atoms with Gasteiger partial charge in [-0.05, 0) is 42.2 Å².